The highest BCUT2D eigenvalue weighted by Gasteiger charge is 2.08. The van der Waals surface area contributed by atoms with E-state index in [1.54, 1.807) is 38.1 Å². The second-order valence-corrected chi connectivity index (χ2v) is 3.14. The van der Waals surface area contributed by atoms with Crippen LogP contribution in [-0.4, -0.2) is 12.1 Å². The van der Waals surface area contributed by atoms with Crippen LogP contribution >= 0.6 is 0 Å². The van der Waals surface area contributed by atoms with Gasteiger partial charge in [-0.25, -0.2) is 4.79 Å². The Morgan fingerprint density at radius 2 is 1.93 bits per heavy atom. The quantitative estimate of drug-likeness (QED) is 0.669. The Morgan fingerprint density at radius 3 is 2.36 bits per heavy atom. The van der Waals surface area contributed by atoms with Crippen molar-refractivity contribution in [1.82, 2.24) is 0 Å². The van der Waals surface area contributed by atoms with Crippen LogP contribution in [0.3, 0.4) is 0 Å². The zero-order valence-electron chi connectivity index (χ0n) is 8.15. The lowest BCUT2D eigenvalue weighted by atomic mass is 10.1. The van der Waals surface area contributed by atoms with E-state index in [1.807, 2.05) is 6.07 Å². The van der Waals surface area contributed by atoms with Crippen molar-refractivity contribution in [2.75, 3.05) is 0 Å². The number of nitrogens with zero attached hydrogens (tertiary/aromatic N) is 1. The van der Waals surface area contributed by atoms with Gasteiger partial charge in [0.25, 0.3) is 0 Å². The minimum absolute atomic E-state index is 0.127. The minimum Gasteiger partial charge on any atom is -0.459 e. The molecule has 0 fully saturated rings. The van der Waals surface area contributed by atoms with Crippen molar-refractivity contribution in [3.8, 4) is 6.07 Å². The molecule has 0 radical (unpaired) electrons. The summed E-state index contributed by atoms with van der Waals surface area (Å²) in [4.78, 5) is 11.3. The Labute approximate surface area is 82.9 Å². The standard InChI is InChI=1S/C11H11NO2/c1-8(2)14-11(13)10-5-3-9(7-12)4-6-10/h3-6,8H,1-2H3. The third kappa shape index (κ3) is 2.60. The second kappa shape index (κ2) is 4.43. The summed E-state index contributed by atoms with van der Waals surface area (Å²) in [5, 5.41) is 8.55. The molecule has 0 heterocycles. The predicted octanol–water partition coefficient (Wildman–Crippen LogP) is 2.12. The average Bonchev–Trinajstić information content (AvgIpc) is 2.17. The molecule has 0 spiro atoms. The van der Waals surface area contributed by atoms with Gasteiger partial charge >= 0.3 is 5.97 Å². The first-order chi connectivity index (χ1) is 6.63. The molecule has 1 aromatic carbocycles. The number of ether oxygens (including phenoxy) is 1. The number of carbonyl (C=O) groups excluding carboxylic acids is 1. The number of rotatable bonds is 2. The molecule has 3 nitrogen and oxygen atoms in total. The first-order valence-corrected chi connectivity index (χ1v) is 4.34. The summed E-state index contributed by atoms with van der Waals surface area (Å²) in [6.07, 6.45) is -0.127. The van der Waals surface area contributed by atoms with Crippen LogP contribution in [0, 0.1) is 11.3 Å². The fourth-order valence-corrected chi connectivity index (χ4v) is 0.963. The predicted molar refractivity (Wildman–Crippen MR) is 51.7 cm³/mol. The molecule has 0 aliphatic heterocycles. The SMILES string of the molecule is CC(C)OC(=O)c1ccc(C#N)cc1. The molecule has 0 unspecified atom stereocenters. The topological polar surface area (TPSA) is 50.1 Å². The van der Waals surface area contributed by atoms with Crippen LogP contribution in [0.25, 0.3) is 0 Å². The van der Waals surface area contributed by atoms with Gasteiger partial charge in [0.05, 0.1) is 23.3 Å². The first-order valence-electron chi connectivity index (χ1n) is 4.34. The molecule has 14 heavy (non-hydrogen) atoms. The highest BCUT2D eigenvalue weighted by molar-refractivity contribution is 5.89. The van der Waals surface area contributed by atoms with E-state index in [0.29, 0.717) is 11.1 Å². The maximum absolute atomic E-state index is 11.3. The second-order valence-electron chi connectivity index (χ2n) is 3.14. The van der Waals surface area contributed by atoms with E-state index in [9.17, 15) is 4.79 Å². The van der Waals surface area contributed by atoms with Crippen molar-refractivity contribution < 1.29 is 9.53 Å². The minimum atomic E-state index is -0.357. The van der Waals surface area contributed by atoms with E-state index in [0.717, 1.165) is 0 Å². The zero-order chi connectivity index (χ0) is 10.6. The highest BCUT2D eigenvalue weighted by Crippen LogP contribution is 2.06. The number of benzene rings is 1. The number of carbonyl (C=O) groups is 1. The van der Waals surface area contributed by atoms with Gasteiger partial charge in [0.2, 0.25) is 0 Å². The first kappa shape index (κ1) is 10.3. The maximum Gasteiger partial charge on any atom is 0.338 e. The Morgan fingerprint density at radius 1 is 1.36 bits per heavy atom. The van der Waals surface area contributed by atoms with E-state index in [-0.39, 0.29) is 12.1 Å². The van der Waals surface area contributed by atoms with Crippen LogP contribution in [0.15, 0.2) is 24.3 Å². The Hall–Kier alpha value is -1.82. The summed E-state index contributed by atoms with van der Waals surface area (Å²) in [6, 6.07) is 8.34. The summed E-state index contributed by atoms with van der Waals surface area (Å²) < 4.78 is 4.99. The lowest BCUT2D eigenvalue weighted by molar-refractivity contribution is 0.0378. The molecule has 0 aliphatic rings. The molecule has 0 amide bonds. The Balaban J connectivity index is 2.78. The van der Waals surface area contributed by atoms with Crippen LogP contribution in [0.1, 0.15) is 29.8 Å². The van der Waals surface area contributed by atoms with Gasteiger partial charge in [-0.1, -0.05) is 0 Å². The van der Waals surface area contributed by atoms with E-state index in [1.165, 1.54) is 0 Å². The van der Waals surface area contributed by atoms with E-state index < -0.39 is 0 Å². The molecule has 3 heteroatoms. The molecule has 1 aromatic rings. The Kier molecular flexibility index (Phi) is 3.24. The highest BCUT2D eigenvalue weighted by atomic mass is 16.5. The van der Waals surface area contributed by atoms with Gasteiger partial charge in [0, 0.05) is 0 Å². The van der Waals surface area contributed by atoms with Crippen molar-refractivity contribution in [2.45, 2.75) is 20.0 Å². The molecule has 0 atom stereocenters. The Bertz CT molecular complexity index is 360. The molecular weight excluding hydrogens is 178 g/mol. The molecule has 0 saturated heterocycles. The third-order valence-electron chi connectivity index (χ3n) is 1.59. The van der Waals surface area contributed by atoms with Gasteiger partial charge in [-0.3, -0.25) is 0 Å². The summed E-state index contributed by atoms with van der Waals surface area (Å²) in [5.74, 6) is -0.357. The van der Waals surface area contributed by atoms with Gasteiger partial charge < -0.3 is 4.74 Å². The summed E-state index contributed by atoms with van der Waals surface area (Å²) >= 11 is 0. The van der Waals surface area contributed by atoms with Crippen LogP contribution in [-0.2, 0) is 4.74 Å². The molecule has 0 saturated carbocycles. The van der Waals surface area contributed by atoms with Crippen LogP contribution in [0.5, 0.6) is 0 Å². The molecule has 0 N–H and O–H groups in total. The maximum atomic E-state index is 11.3. The number of hydrogen-bond acceptors (Lipinski definition) is 3. The smallest absolute Gasteiger partial charge is 0.338 e. The van der Waals surface area contributed by atoms with E-state index in [4.69, 9.17) is 10.00 Å². The largest absolute Gasteiger partial charge is 0.459 e. The third-order valence-corrected chi connectivity index (χ3v) is 1.59. The van der Waals surface area contributed by atoms with Crippen molar-refractivity contribution in [3.63, 3.8) is 0 Å². The fraction of sp³-hybridized carbons (Fsp3) is 0.273. The van der Waals surface area contributed by atoms with E-state index >= 15 is 0 Å². The van der Waals surface area contributed by atoms with Gasteiger partial charge in [0.1, 0.15) is 0 Å². The lowest BCUT2D eigenvalue weighted by Gasteiger charge is -2.07. The number of esters is 1. The fourth-order valence-electron chi connectivity index (χ4n) is 0.963. The van der Waals surface area contributed by atoms with Crippen LogP contribution < -0.4 is 0 Å². The van der Waals surface area contributed by atoms with Gasteiger partial charge in [0.15, 0.2) is 0 Å². The molecule has 1 rings (SSSR count). The van der Waals surface area contributed by atoms with Crippen LogP contribution in [0.2, 0.25) is 0 Å². The molecule has 0 aromatic heterocycles. The number of hydrogen-bond donors (Lipinski definition) is 0. The molecule has 0 bridgehead atoms. The molecule has 72 valence electrons. The average molecular weight is 189 g/mol. The van der Waals surface area contributed by atoms with Gasteiger partial charge in [-0.2, -0.15) is 5.26 Å². The van der Waals surface area contributed by atoms with Crippen molar-refractivity contribution in [1.29, 1.82) is 5.26 Å². The summed E-state index contributed by atoms with van der Waals surface area (Å²) in [7, 11) is 0. The van der Waals surface area contributed by atoms with Gasteiger partial charge in [-0.05, 0) is 38.1 Å². The van der Waals surface area contributed by atoms with Gasteiger partial charge in [-0.15, -0.1) is 0 Å². The molecular formula is C11H11NO2. The van der Waals surface area contributed by atoms with E-state index in [2.05, 4.69) is 0 Å². The normalized spacial score (nSPS) is 9.57. The van der Waals surface area contributed by atoms with Crippen LogP contribution in [0.4, 0.5) is 0 Å². The summed E-state index contributed by atoms with van der Waals surface area (Å²) in [6.45, 7) is 3.59. The lowest BCUT2D eigenvalue weighted by Crippen LogP contribution is -2.11. The van der Waals surface area contributed by atoms with Crippen molar-refractivity contribution >= 4 is 5.97 Å². The molecule has 0 aliphatic carbocycles. The van der Waals surface area contributed by atoms with Crippen molar-refractivity contribution in [2.24, 2.45) is 0 Å². The zero-order valence-corrected chi connectivity index (χ0v) is 8.15. The number of nitriles is 1. The van der Waals surface area contributed by atoms with Crippen molar-refractivity contribution in [3.05, 3.63) is 35.4 Å². The monoisotopic (exact) mass is 189 g/mol. The summed E-state index contributed by atoms with van der Waals surface area (Å²) in [5.41, 5.74) is 1.00.